The zero-order valence-electron chi connectivity index (χ0n) is 16.9. The van der Waals surface area contributed by atoms with Crippen molar-refractivity contribution in [2.45, 2.75) is 51.9 Å². The number of ketones is 1. The molecule has 0 bridgehead atoms. The van der Waals surface area contributed by atoms with E-state index in [9.17, 15) is 9.59 Å². The Bertz CT molecular complexity index is 872. The van der Waals surface area contributed by atoms with Gasteiger partial charge in [-0.2, -0.15) is 0 Å². The van der Waals surface area contributed by atoms with Crippen molar-refractivity contribution in [2.75, 3.05) is 19.0 Å². The van der Waals surface area contributed by atoms with E-state index in [1.807, 2.05) is 0 Å². The van der Waals surface area contributed by atoms with Gasteiger partial charge in [0.1, 0.15) is 5.69 Å². The van der Waals surface area contributed by atoms with Crippen LogP contribution in [-0.4, -0.2) is 29.8 Å². The molecule has 1 aromatic carbocycles. The van der Waals surface area contributed by atoms with Gasteiger partial charge in [0.15, 0.2) is 5.78 Å². The van der Waals surface area contributed by atoms with Crippen LogP contribution in [0.3, 0.4) is 0 Å². The minimum atomic E-state index is -0.307. The van der Waals surface area contributed by atoms with E-state index in [1.165, 1.54) is 24.5 Å². The van der Waals surface area contributed by atoms with E-state index in [2.05, 4.69) is 55.0 Å². The van der Waals surface area contributed by atoms with Crippen molar-refractivity contribution >= 4 is 11.7 Å². The SMILES string of the molecule is CN(C)c1nc(C(=O)C[C@@H](c2ccc(C3CC3)cc2)C(C)(C)C)cc(=O)[nH]1. The predicted molar refractivity (Wildman–Crippen MR) is 109 cm³/mol. The van der Waals surface area contributed by atoms with E-state index in [4.69, 9.17) is 0 Å². The smallest absolute Gasteiger partial charge is 0.252 e. The number of anilines is 1. The summed E-state index contributed by atoms with van der Waals surface area (Å²) in [5, 5.41) is 0. The van der Waals surface area contributed by atoms with Gasteiger partial charge in [-0.3, -0.25) is 14.6 Å². The van der Waals surface area contributed by atoms with Crippen LogP contribution < -0.4 is 10.5 Å². The van der Waals surface area contributed by atoms with Crippen LogP contribution in [0.4, 0.5) is 5.95 Å². The number of benzene rings is 1. The summed E-state index contributed by atoms with van der Waals surface area (Å²) in [4.78, 5) is 33.5. The van der Waals surface area contributed by atoms with Gasteiger partial charge in [-0.25, -0.2) is 4.98 Å². The normalized spacial score (nSPS) is 15.4. The van der Waals surface area contributed by atoms with E-state index in [-0.39, 0.29) is 28.4 Å². The van der Waals surface area contributed by atoms with Crippen molar-refractivity contribution < 1.29 is 4.79 Å². The monoisotopic (exact) mass is 367 g/mol. The Labute approximate surface area is 160 Å². The van der Waals surface area contributed by atoms with Crippen LogP contribution in [0.1, 0.15) is 73.5 Å². The van der Waals surface area contributed by atoms with Crippen LogP contribution in [0.2, 0.25) is 0 Å². The number of aromatic nitrogens is 2. The first-order valence-electron chi connectivity index (χ1n) is 9.57. The van der Waals surface area contributed by atoms with Crippen molar-refractivity contribution in [3.63, 3.8) is 0 Å². The number of carbonyl (C=O) groups is 1. The van der Waals surface area contributed by atoms with Crippen molar-refractivity contribution in [1.82, 2.24) is 9.97 Å². The Kier molecular flexibility index (Phi) is 5.22. The van der Waals surface area contributed by atoms with E-state index in [0.717, 1.165) is 11.5 Å². The average Bonchev–Trinajstić information content (AvgIpc) is 3.43. The fourth-order valence-electron chi connectivity index (χ4n) is 3.43. The summed E-state index contributed by atoms with van der Waals surface area (Å²) in [6.45, 7) is 6.45. The molecule has 1 saturated carbocycles. The molecule has 0 spiro atoms. The molecule has 1 aliphatic carbocycles. The Hall–Kier alpha value is -2.43. The van der Waals surface area contributed by atoms with Crippen LogP contribution in [-0.2, 0) is 0 Å². The lowest BCUT2D eigenvalue weighted by atomic mass is 9.73. The summed E-state index contributed by atoms with van der Waals surface area (Å²) in [5.41, 5.74) is 2.40. The highest BCUT2D eigenvalue weighted by atomic mass is 16.1. The van der Waals surface area contributed by atoms with E-state index >= 15 is 0 Å². The molecule has 5 heteroatoms. The first-order chi connectivity index (χ1) is 12.6. The molecule has 1 N–H and O–H groups in total. The maximum absolute atomic E-state index is 13.0. The van der Waals surface area contributed by atoms with Crippen molar-refractivity contribution in [1.29, 1.82) is 0 Å². The van der Waals surface area contributed by atoms with Crippen LogP contribution in [0, 0.1) is 5.41 Å². The fraction of sp³-hybridized carbons (Fsp3) is 0.500. The highest BCUT2D eigenvalue weighted by Crippen LogP contribution is 2.42. The number of rotatable bonds is 6. The van der Waals surface area contributed by atoms with Crippen LogP contribution in [0.5, 0.6) is 0 Å². The summed E-state index contributed by atoms with van der Waals surface area (Å²) in [5.74, 6) is 1.07. The molecule has 0 aliphatic heterocycles. The lowest BCUT2D eigenvalue weighted by Gasteiger charge is -2.31. The zero-order valence-corrected chi connectivity index (χ0v) is 16.9. The minimum Gasteiger partial charge on any atom is -0.348 e. The number of H-pyrrole nitrogens is 1. The molecular formula is C22H29N3O2. The third kappa shape index (κ3) is 4.65. The number of nitrogens with one attached hydrogen (secondary N) is 1. The highest BCUT2D eigenvalue weighted by Gasteiger charge is 2.30. The lowest BCUT2D eigenvalue weighted by Crippen LogP contribution is -2.24. The lowest BCUT2D eigenvalue weighted by molar-refractivity contribution is 0.0946. The number of Topliss-reactive ketones (excluding diaryl/α,β-unsaturated/α-hetero) is 1. The number of aromatic amines is 1. The van der Waals surface area contributed by atoms with Crippen LogP contribution in [0.15, 0.2) is 35.1 Å². The zero-order chi connectivity index (χ0) is 19.8. The van der Waals surface area contributed by atoms with Crippen molar-refractivity contribution in [2.24, 2.45) is 5.41 Å². The van der Waals surface area contributed by atoms with Gasteiger partial charge in [-0.1, -0.05) is 45.0 Å². The number of nitrogens with zero attached hydrogens (tertiary/aromatic N) is 2. The van der Waals surface area contributed by atoms with Gasteiger partial charge < -0.3 is 4.90 Å². The second-order valence-electron chi connectivity index (χ2n) is 8.84. The Morgan fingerprint density at radius 2 is 1.85 bits per heavy atom. The molecule has 0 unspecified atom stereocenters. The topological polar surface area (TPSA) is 66.1 Å². The number of hydrogen-bond donors (Lipinski definition) is 1. The number of hydrogen-bond acceptors (Lipinski definition) is 4. The van der Waals surface area contributed by atoms with Gasteiger partial charge in [0.05, 0.1) is 0 Å². The molecule has 144 valence electrons. The van der Waals surface area contributed by atoms with Crippen LogP contribution >= 0.6 is 0 Å². The summed E-state index contributed by atoms with van der Waals surface area (Å²) in [7, 11) is 3.57. The number of carbonyl (C=O) groups excluding carboxylic acids is 1. The molecule has 0 radical (unpaired) electrons. The molecule has 1 aromatic heterocycles. The van der Waals surface area contributed by atoms with Crippen LogP contribution in [0.25, 0.3) is 0 Å². The maximum Gasteiger partial charge on any atom is 0.252 e. The first-order valence-corrected chi connectivity index (χ1v) is 9.57. The van der Waals surface area contributed by atoms with Gasteiger partial charge in [0, 0.05) is 26.6 Å². The standard InChI is InChI=1S/C22H29N3O2/c1-22(2,3)17(16-10-8-15(9-11-16)14-6-7-14)12-19(26)18-13-20(27)24-21(23-18)25(4)5/h8-11,13-14,17H,6-7,12H2,1-5H3,(H,23,24,27)/t17-/m0/s1. The summed E-state index contributed by atoms with van der Waals surface area (Å²) in [6, 6.07) is 10.0. The molecule has 1 heterocycles. The third-order valence-electron chi connectivity index (χ3n) is 5.26. The Morgan fingerprint density at radius 3 is 2.37 bits per heavy atom. The molecule has 1 atom stereocenters. The molecular weight excluding hydrogens is 338 g/mol. The highest BCUT2D eigenvalue weighted by molar-refractivity contribution is 5.95. The van der Waals surface area contributed by atoms with E-state index in [1.54, 1.807) is 19.0 Å². The average molecular weight is 367 g/mol. The second-order valence-corrected chi connectivity index (χ2v) is 8.84. The molecule has 1 aliphatic rings. The molecule has 0 amide bonds. The minimum absolute atomic E-state index is 0.0575. The summed E-state index contributed by atoms with van der Waals surface area (Å²) < 4.78 is 0. The fourth-order valence-corrected chi connectivity index (χ4v) is 3.43. The quantitative estimate of drug-likeness (QED) is 0.780. The maximum atomic E-state index is 13.0. The molecule has 2 aromatic rings. The Balaban J connectivity index is 1.86. The summed E-state index contributed by atoms with van der Waals surface area (Å²) >= 11 is 0. The molecule has 1 fully saturated rings. The third-order valence-corrected chi connectivity index (χ3v) is 5.26. The van der Waals surface area contributed by atoms with Gasteiger partial charge in [-0.15, -0.1) is 0 Å². The van der Waals surface area contributed by atoms with Crippen molar-refractivity contribution in [3.05, 3.63) is 57.5 Å². The van der Waals surface area contributed by atoms with Gasteiger partial charge in [0.25, 0.3) is 5.56 Å². The van der Waals surface area contributed by atoms with E-state index < -0.39 is 0 Å². The molecule has 3 rings (SSSR count). The van der Waals surface area contributed by atoms with E-state index in [0.29, 0.717) is 12.4 Å². The molecule has 5 nitrogen and oxygen atoms in total. The van der Waals surface area contributed by atoms with Gasteiger partial charge in [0.2, 0.25) is 5.95 Å². The van der Waals surface area contributed by atoms with Gasteiger partial charge in [-0.05, 0) is 41.2 Å². The molecule has 0 saturated heterocycles. The first kappa shape index (κ1) is 19.3. The second kappa shape index (κ2) is 7.29. The van der Waals surface area contributed by atoms with Crippen molar-refractivity contribution in [3.8, 4) is 0 Å². The molecule has 27 heavy (non-hydrogen) atoms. The largest absolute Gasteiger partial charge is 0.348 e. The Morgan fingerprint density at radius 1 is 1.22 bits per heavy atom. The predicted octanol–water partition coefficient (Wildman–Crippen LogP) is 4.12. The van der Waals surface area contributed by atoms with Gasteiger partial charge >= 0.3 is 0 Å². The summed E-state index contributed by atoms with van der Waals surface area (Å²) in [6.07, 6.45) is 2.89.